The molecule has 0 spiro atoms. The van der Waals surface area contributed by atoms with Crippen molar-refractivity contribution in [3.63, 3.8) is 0 Å². The summed E-state index contributed by atoms with van der Waals surface area (Å²) in [5.74, 6) is 1.54. The first-order valence-corrected chi connectivity index (χ1v) is 10.5. The number of piperidine rings is 1. The van der Waals surface area contributed by atoms with E-state index in [1.165, 1.54) is 29.1 Å². The maximum absolute atomic E-state index is 4.38. The monoisotopic (exact) mass is 377 g/mol. The Hall–Kier alpha value is -1.44. The summed E-state index contributed by atoms with van der Waals surface area (Å²) in [5, 5.41) is 10.1. The topological polar surface area (TPSA) is 52.6 Å². The Morgan fingerprint density at radius 3 is 3.08 bits per heavy atom. The van der Waals surface area contributed by atoms with Gasteiger partial charge in [-0.3, -0.25) is 9.89 Å². The Balaban J connectivity index is 1.41. The van der Waals surface area contributed by atoms with Crippen molar-refractivity contribution >= 4 is 28.6 Å². The van der Waals surface area contributed by atoms with Gasteiger partial charge in [-0.2, -0.15) is 0 Å². The van der Waals surface area contributed by atoms with Crippen LogP contribution in [-0.4, -0.2) is 42.5 Å². The summed E-state index contributed by atoms with van der Waals surface area (Å²) in [5.41, 5.74) is 0. The third-order valence-electron chi connectivity index (χ3n) is 4.42. The summed E-state index contributed by atoms with van der Waals surface area (Å²) in [6.07, 6.45) is 4.49. The molecule has 5 nitrogen and oxygen atoms in total. The molecule has 1 fully saturated rings. The van der Waals surface area contributed by atoms with Crippen molar-refractivity contribution in [2.45, 2.75) is 32.9 Å². The second kappa shape index (κ2) is 9.31. The van der Waals surface area contributed by atoms with Gasteiger partial charge in [-0.15, -0.1) is 22.7 Å². The summed E-state index contributed by atoms with van der Waals surface area (Å²) < 4.78 is 0. The summed E-state index contributed by atoms with van der Waals surface area (Å²) in [6.45, 7) is 7.24. The van der Waals surface area contributed by atoms with Crippen LogP contribution in [0.1, 0.15) is 27.6 Å². The smallest absolute Gasteiger partial charge is 0.191 e. The number of hydrogen-bond donors (Lipinski definition) is 2. The molecule has 3 heterocycles. The van der Waals surface area contributed by atoms with Crippen LogP contribution in [0.3, 0.4) is 0 Å². The van der Waals surface area contributed by atoms with Gasteiger partial charge in [-0.1, -0.05) is 6.07 Å². The number of guanidine groups is 1. The molecule has 0 aromatic carbocycles. The number of nitrogens with one attached hydrogen (secondary N) is 2. The van der Waals surface area contributed by atoms with Gasteiger partial charge < -0.3 is 10.6 Å². The number of hydrogen-bond acceptors (Lipinski definition) is 5. The summed E-state index contributed by atoms with van der Waals surface area (Å²) in [4.78, 5) is 14.0. The molecule has 1 unspecified atom stereocenters. The average Bonchev–Trinajstić information content (AvgIpc) is 3.27. The van der Waals surface area contributed by atoms with Crippen LogP contribution in [0.5, 0.6) is 0 Å². The number of aryl methyl sites for hydroxylation is 1. The molecule has 2 N–H and O–H groups in total. The molecule has 0 bridgehead atoms. The lowest BCUT2D eigenvalue weighted by Crippen LogP contribution is -2.44. The molecule has 1 atom stereocenters. The first kappa shape index (κ1) is 18.4. The van der Waals surface area contributed by atoms with Crippen LogP contribution in [0, 0.1) is 12.8 Å². The van der Waals surface area contributed by atoms with Crippen LogP contribution in [-0.2, 0) is 13.1 Å². The zero-order chi connectivity index (χ0) is 17.5. The molecule has 0 saturated carbocycles. The van der Waals surface area contributed by atoms with Gasteiger partial charge in [0.05, 0.1) is 6.54 Å². The molecule has 1 aliphatic rings. The number of likely N-dealkylation sites (tertiary alicyclic amines) is 1. The van der Waals surface area contributed by atoms with Gasteiger partial charge in [0.1, 0.15) is 5.01 Å². The van der Waals surface area contributed by atoms with Crippen LogP contribution in [0.4, 0.5) is 0 Å². The quantitative estimate of drug-likeness (QED) is 0.600. The van der Waals surface area contributed by atoms with Gasteiger partial charge in [0.25, 0.3) is 0 Å². The summed E-state index contributed by atoms with van der Waals surface area (Å²) in [6, 6.07) is 4.38. The highest BCUT2D eigenvalue weighted by molar-refractivity contribution is 7.11. The second-order valence-corrected chi connectivity index (χ2v) is 8.85. The second-order valence-electron chi connectivity index (χ2n) is 6.49. The Labute approximate surface area is 158 Å². The van der Waals surface area contributed by atoms with Crippen molar-refractivity contribution < 1.29 is 0 Å². The van der Waals surface area contributed by atoms with Crippen LogP contribution in [0.15, 0.2) is 28.7 Å². The first-order chi connectivity index (χ1) is 12.2. The van der Waals surface area contributed by atoms with E-state index in [1.807, 2.05) is 24.6 Å². The molecular formula is C18H27N5S2. The summed E-state index contributed by atoms with van der Waals surface area (Å²) in [7, 11) is 1.83. The van der Waals surface area contributed by atoms with Gasteiger partial charge in [-0.05, 0) is 43.7 Å². The predicted molar refractivity (Wildman–Crippen MR) is 107 cm³/mol. The standard InChI is InChI=1S/C18H27N5S2/c1-14-9-20-17(25-14)11-22-18(19-2)21-10-15-5-3-7-23(12-15)13-16-6-4-8-24-16/h4,6,8-9,15H,3,5,7,10-13H2,1-2H3,(H2,19,21,22). The Morgan fingerprint density at radius 2 is 2.36 bits per heavy atom. The van der Waals surface area contributed by atoms with Crippen LogP contribution >= 0.6 is 22.7 Å². The van der Waals surface area contributed by atoms with Crippen molar-refractivity contribution in [3.8, 4) is 0 Å². The van der Waals surface area contributed by atoms with Crippen molar-refractivity contribution in [3.05, 3.63) is 38.5 Å². The number of nitrogens with zero attached hydrogens (tertiary/aromatic N) is 3. The van der Waals surface area contributed by atoms with E-state index in [4.69, 9.17) is 0 Å². The lowest BCUT2D eigenvalue weighted by Gasteiger charge is -2.32. The predicted octanol–water partition coefficient (Wildman–Crippen LogP) is 3.09. The molecule has 7 heteroatoms. The Kier molecular flexibility index (Phi) is 6.84. The number of aliphatic imine (C=N–C) groups is 1. The number of thiophene rings is 1. The third-order valence-corrected chi connectivity index (χ3v) is 6.19. The molecule has 0 amide bonds. The molecule has 1 saturated heterocycles. The molecular weight excluding hydrogens is 350 g/mol. The van der Waals surface area contributed by atoms with E-state index in [2.05, 4.69) is 49.9 Å². The highest BCUT2D eigenvalue weighted by atomic mass is 32.1. The van der Waals surface area contributed by atoms with E-state index in [0.29, 0.717) is 5.92 Å². The minimum Gasteiger partial charge on any atom is -0.356 e. The average molecular weight is 378 g/mol. The van der Waals surface area contributed by atoms with Gasteiger partial charge in [0, 0.05) is 42.6 Å². The van der Waals surface area contributed by atoms with E-state index >= 15 is 0 Å². The van der Waals surface area contributed by atoms with E-state index in [0.717, 1.165) is 37.1 Å². The lowest BCUT2D eigenvalue weighted by molar-refractivity contribution is 0.169. The Morgan fingerprint density at radius 1 is 1.44 bits per heavy atom. The minimum absolute atomic E-state index is 0.675. The Bertz CT molecular complexity index is 665. The SMILES string of the molecule is CN=C(NCc1ncc(C)s1)NCC1CCCN(Cc2cccs2)C1. The van der Waals surface area contributed by atoms with E-state index < -0.39 is 0 Å². The molecule has 2 aromatic heterocycles. The van der Waals surface area contributed by atoms with Crippen molar-refractivity contribution in [2.24, 2.45) is 10.9 Å². The molecule has 0 aliphatic carbocycles. The number of rotatable bonds is 6. The maximum atomic E-state index is 4.38. The van der Waals surface area contributed by atoms with E-state index in [9.17, 15) is 0 Å². The highest BCUT2D eigenvalue weighted by Gasteiger charge is 2.20. The van der Waals surface area contributed by atoms with Gasteiger partial charge in [0.15, 0.2) is 5.96 Å². The van der Waals surface area contributed by atoms with Crippen molar-refractivity contribution in [2.75, 3.05) is 26.7 Å². The normalized spacial score (nSPS) is 19.1. The molecule has 3 rings (SSSR count). The van der Waals surface area contributed by atoms with Crippen molar-refractivity contribution in [1.29, 1.82) is 0 Å². The lowest BCUT2D eigenvalue weighted by atomic mass is 9.98. The molecule has 0 radical (unpaired) electrons. The summed E-state index contributed by atoms with van der Waals surface area (Å²) >= 11 is 3.58. The van der Waals surface area contributed by atoms with Crippen LogP contribution in [0.2, 0.25) is 0 Å². The fraction of sp³-hybridized carbons (Fsp3) is 0.556. The van der Waals surface area contributed by atoms with E-state index in [-0.39, 0.29) is 0 Å². The maximum Gasteiger partial charge on any atom is 0.191 e. The fourth-order valence-electron chi connectivity index (χ4n) is 3.19. The first-order valence-electron chi connectivity index (χ1n) is 8.83. The van der Waals surface area contributed by atoms with Gasteiger partial charge in [0.2, 0.25) is 0 Å². The highest BCUT2D eigenvalue weighted by Crippen LogP contribution is 2.20. The van der Waals surface area contributed by atoms with Crippen LogP contribution in [0.25, 0.3) is 0 Å². The number of aromatic nitrogens is 1. The molecule has 25 heavy (non-hydrogen) atoms. The molecule has 136 valence electrons. The van der Waals surface area contributed by atoms with Gasteiger partial charge in [-0.25, -0.2) is 4.98 Å². The minimum atomic E-state index is 0.675. The van der Waals surface area contributed by atoms with Crippen LogP contribution < -0.4 is 10.6 Å². The molecule has 1 aliphatic heterocycles. The molecule has 2 aromatic rings. The van der Waals surface area contributed by atoms with Crippen molar-refractivity contribution in [1.82, 2.24) is 20.5 Å². The largest absolute Gasteiger partial charge is 0.356 e. The zero-order valence-corrected chi connectivity index (χ0v) is 16.6. The van der Waals surface area contributed by atoms with Gasteiger partial charge >= 0.3 is 0 Å². The third kappa shape index (κ3) is 5.80. The zero-order valence-electron chi connectivity index (χ0n) is 15.0. The number of thiazole rings is 1. The van der Waals surface area contributed by atoms with E-state index in [1.54, 1.807) is 11.3 Å². The fourth-order valence-corrected chi connectivity index (χ4v) is 4.66.